The summed E-state index contributed by atoms with van der Waals surface area (Å²) in [5.41, 5.74) is 2.95. The van der Waals surface area contributed by atoms with E-state index in [4.69, 9.17) is 0 Å². The highest BCUT2D eigenvalue weighted by atomic mass is 15.2. The van der Waals surface area contributed by atoms with Crippen molar-refractivity contribution in [3.63, 3.8) is 0 Å². The molecule has 0 saturated heterocycles. The first-order valence-electron chi connectivity index (χ1n) is 4.53. The Labute approximate surface area is 78.4 Å². The van der Waals surface area contributed by atoms with Gasteiger partial charge in [0.15, 0.2) is 0 Å². The molecule has 0 aromatic carbocycles. The molecule has 2 aromatic rings. The van der Waals surface area contributed by atoms with Crippen molar-refractivity contribution in [2.45, 2.75) is 20.8 Å². The van der Waals surface area contributed by atoms with Crippen LogP contribution in [0.15, 0.2) is 18.3 Å². The molecule has 0 radical (unpaired) electrons. The minimum Gasteiger partial charge on any atom is -0.273 e. The Morgan fingerprint density at radius 1 is 1.15 bits per heavy atom. The number of hydrogen-bond acceptors (Lipinski definition) is 2. The van der Waals surface area contributed by atoms with Crippen molar-refractivity contribution in [3.05, 3.63) is 24.0 Å². The Morgan fingerprint density at radius 3 is 2.54 bits per heavy atom. The highest BCUT2D eigenvalue weighted by molar-refractivity contribution is 5.73. The van der Waals surface area contributed by atoms with Gasteiger partial charge in [-0.2, -0.15) is 5.10 Å². The summed E-state index contributed by atoms with van der Waals surface area (Å²) in [5.74, 6) is 0. The normalized spacial score (nSPS) is 9.54. The average molecular weight is 177 g/mol. The summed E-state index contributed by atoms with van der Waals surface area (Å²) in [7, 11) is 1.90. The number of aromatic nitrogens is 3. The molecule has 0 bridgehead atoms. The van der Waals surface area contributed by atoms with Crippen LogP contribution in [-0.2, 0) is 7.05 Å². The van der Waals surface area contributed by atoms with Crippen molar-refractivity contribution in [2.24, 2.45) is 7.05 Å². The van der Waals surface area contributed by atoms with Gasteiger partial charge in [-0.3, -0.25) is 4.68 Å². The second-order valence-corrected chi connectivity index (χ2v) is 2.66. The zero-order valence-electron chi connectivity index (χ0n) is 8.57. The first-order valence-corrected chi connectivity index (χ1v) is 4.53. The van der Waals surface area contributed by atoms with Crippen molar-refractivity contribution < 1.29 is 0 Å². The molecule has 0 amide bonds. The molecule has 70 valence electrons. The van der Waals surface area contributed by atoms with Crippen LogP contribution in [-0.4, -0.2) is 14.8 Å². The molecule has 0 N–H and O–H groups in total. The zero-order valence-corrected chi connectivity index (χ0v) is 8.57. The average Bonchev–Trinajstić information content (AvgIpc) is 2.48. The van der Waals surface area contributed by atoms with Crippen LogP contribution in [0.4, 0.5) is 0 Å². The van der Waals surface area contributed by atoms with Crippen LogP contribution in [0.1, 0.15) is 19.5 Å². The minimum absolute atomic E-state index is 0.957. The number of pyridine rings is 1. The van der Waals surface area contributed by atoms with Gasteiger partial charge in [-0.15, -0.1) is 0 Å². The van der Waals surface area contributed by atoms with E-state index in [1.807, 2.05) is 46.1 Å². The van der Waals surface area contributed by atoms with Crippen LogP contribution >= 0.6 is 0 Å². The Bertz CT molecular complexity index is 390. The quantitative estimate of drug-likeness (QED) is 0.618. The van der Waals surface area contributed by atoms with Crippen molar-refractivity contribution in [2.75, 3.05) is 0 Å². The molecule has 2 heterocycles. The predicted octanol–water partition coefficient (Wildman–Crippen LogP) is 2.30. The lowest BCUT2D eigenvalue weighted by Gasteiger charge is -1.87. The smallest absolute Gasteiger partial charge is 0.111 e. The topological polar surface area (TPSA) is 30.7 Å². The van der Waals surface area contributed by atoms with Crippen LogP contribution in [0.5, 0.6) is 0 Å². The van der Waals surface area contributed by atoms with Gasteiger partial charge in [0.25, 0.3) is 0 Å². The van der Waals surface area contributed by atoms with E-state index in [-0.39, 0.29) is 0 Å². The molecule has 3 nitrogen and oxygen atoms in total. The third-order valence-corrected chi connectivity index (χ3v) is 1.62. The highest BCUT2D eigenvalue weighted by Gasteiger charge is 1.97. The summed E-state index contributed by atoms with van der Waals surface area (Å²) in [5, 5.41) is 4.21. The molecule has 0 unspecified atom stereocenters. The van der Waals surface area contributed by atoms with E-state index in [2.05, 4.69) is 10.1 Å². The third kappa shape index (κ3) is 2.05. The van der Waals surface area contributed by atoms with E-state index in [0.717, 1.165) is 16.7 Å². The second kappa shape index (κ2) is 4.03. The Morgan fingerprint density at radius 2 is 1.85 bits per heavy atom. The molecule has 0 atom stereocenters. The van der Waals surface area contributed by atoms with E-state index in [0.29, 0.717) is 0 Å². The summed E-state index contributed by atoms with van der Waals surface area (Å²) in [6, 6.07) is 3.95. The maximum atomic E-state index is 4.31. The summed E-state index contributed by atoms with van der Waals surface area (Å²) < 4.78 is 1.77. The van der Waals surface area contributed by atoms with E-state index in [1.165, 1.54) is 0 Å². The van der Waals surface area contributed by atoms with Gasteiger partial charge in [0, 0.05) is 12.7 Å². The monoisotopic (exact) mass is 177 g/mol. The molecular weight excluding hydrogens is 162 g/mol. The van der Waals surface area contributed by atoms with E-state index >= 15 is 0 Å². The highest BCUT2D eigenvalue weighted by Crippen LogP contribution is 2.08. The molecule has 0 saturated carbocycles. The maximum Gasteiger partial charge on any atom is 0.111 e. The minimum atomic E-state index is 0.957. The summed E-state index contributed by atoms with van der Waals surface area (Å²) in [4.78, 5) is 4.31. The fourth-order valence-electron chi connectivity index (χ4n) is 1.12. The number of nitrogens with zero attached hydrogens (tertiary/aromatic N) is 3. The SMILES string of the molecule is CC.Cc1ccc2nn(C)cc2n1. The predicted molar refractivity (Wildman–Crippen MR) is 54.6 cm³/mol. The molecular formula is C10H15N3. The number of rotatable bonds is 0. The molecule has 0 aliphatic carbocycles. The lowest BCUT2D eigenvalue weighted by atomic mass is 10.3. The van der Waals surface area contributed by atoms with E-state index in [9.17, 15) is 0 Å². The Balaban J connectivity index is 0.000000396. The number of hydrogen-bond donors (Lipinski definition) is 0. The van der Waals surface area contributed by atoms with Crippen LogP contribution in [0.25, 0.3) is 11.0 Å². The van der Waals surface area contributed by atoms with Gasteiger partial charge in [0.1, 0.15) is 11.0 Å². The van der Waals surface area contributed by atoms with Crippen molar-refractivity contribution in [1.29, 1.82) is 0 Å². The molecule has 2 rings (SSSR count). The Hall–Kier alpha value is -1.38. The summed E-state index contributed by atoms with van der Waals surface area (Å²) >= 11 is 0. The lowest BCUT2D eigenvalue weighted by Crippen LogP contribution is -1.84. The fraction of sp³-hybridized carbons (Fsp3) is 0.400. The molecule has 0 spiro atoms. The van der Waals surface area contributed by atoms with Crippen LogP contribution in [0.3, 0.4) is 0 Å². The van der Waals surface area contributed by atoms with Gasteiger partial charge in [-0.1, -0.05) is 13.8 Å². The summed E-state index contributed by atoms with van der Waals surface area (Å²) in [6.07, 6.45) is 1.92. The van der Waals surface area contributed by atoms with Crippen molar-refractivity contribution in [1.82, 2.24) is 14.8 Å². The number of aryl methyl sites for hydroxylation is 2. The molecule has 0 aliphatic rings. The van der Waals surface area contributed by atoms with Gasteiger partial charge >= 0.3 is 0 Å². The molecule has 0 aliphatic heterocycles. The van der Waals surface area contributed by atoms with Crippen LogP contribution < -0.4 is 0 Å². The lowest BCUT2D eigenvalue weighted by molar-refractivity contribution is 0.779. The second-order valence-electron chi connectivity index (χ2n) is 2.66. The van der Waals surface area contributed by atoms with Gasteiger partial charge in [0.05, 0.1) is 6.20 Å². The molecule has 13 heavy (non-hydrogen) atoms. The van der Waals surface area contributed by atoms with Crippen molar-refractivity contribution >= 4 is 11.0 Å². The largest absolute Gasteiger partial charge is 0.273 e. The molecule has 3 heteroatoms. The molecule has 0 fully saturated rings. The van der Waals surface area contributed by atoms with Crippen LogP contribution in [0, 0.1) is 6.92 Å². The van der Waals surface area contributed by atoms with E-state index in [1.54, 1.807) is 4.68 Å². The van der Waals surface area contributed by atoms with Gasteiger partial charge < -0.3 is 0 Å². The maximum absolute atomic E-state index is 4.31. The third-order valence-electron chi connectivity index (χ3n) is 1.62. The zero-order chi connectivity index (χ0) is 9.84. The van der Waals surface area contributed by atoms with Crippen LogP contribution in [0.2, 0.25) is 0 Å². The van der Waals surface area contributed by atoms with Gasteiger partial charge in [0.2, 0.25) is 0 Å². The first-order chi connectivity index (χ1) is 6.25. The van der Waals surface area contributed by atoms with E-state index < -0.39 is 0 Å². The number of fused-ring (bicyclic) bond motifs is 1. The van der Waals surface area contributed by atoms with Crippen molar-refractivity contribution in [3.8, 4) is 0 Å². The first kappa shape index (κ1) is 9.71. The summed E-state index contributed by atoms with van der Waals surface area (Å²) in [6.45, 7) is 5.98. The van der Waals surface area contributed by atoms with Gasteiger partial charge in [-0.05, 0) is 19.1 Å². The standard InChI is InChI=1S/C8H9N3.C2H6/c1-6-3-4-7-8(9-6)5-11(2)10-7;1-2/h3-5H,1-2H3;1-2H3. The van der Waals surface area contributed by atoms with Gasteiger partial charge in [-0.25, -0.2) is 4.98 Å². The fourth-order valence-corrected chi connectivity index (χ4v) is 1.12. The Kier molecular flexibility index (Phi) is 3.01. The molecule has 2 aromatic heterocycles.